The second kappa shape index (κ2) is 7.81. The lowest BCUT2D eigenvalue weighted by Gasteiger charge is -2.31. The van der Waals surface area contributed by atoms with E-state index in [0.29, 0.717) is 25.1 Å². The normalized spacial score (nSPS) is 21.2. The maximum atomic E-state index is 13.3. The summed E-state index contributed by atoms with van der Waals surface area (Å²) in [5, 5.41) is 8.81. The van der Waals surface area contributed by atoms with E-state index in [1.165, 1.54) is 4.31 Å². The van der Waals surface area contributed by atoms with Crippen LogP contribution in [0.5, 0.6) is 0 Å². The highest BCUT2D eigenvalue weighted by Crippen LogP contribution is 2.30. The van der Waals surface area contributed by atoms with E-state index in [-0.39, 0.29) is 35.1 Å². The minimum Gasteiger partial charge on any atom is -0.355 e. The summed E-state index contributed by atoms with van der Waals surface area (Å²) in [7, 11) is -3.80. The summed E-state index contributed by atoms with van der Waals surface area (Å²) in [4.78, 5) is 13.5. The van der Waals surface area contributed by atoms with Crippen LogP contribution in [0.2, 0.25) is 0 Å². The summed E-state index contributed by atoms with van der Waals surface area (Å²) in [5.74, 6) is -0.132. The van der Waals surface area contributed by atoms with Gasteiger partial charge in [0.05, 0.1) is 5.92 Å². The van der Waals surface area contributed by atoms with Crippen LogP contribution in [-0.2, 0) is 14.8 Å². The Morgan fingerprint density at radius 3 is 2.89 bits per heavy atom. The smallest absolute Gasteiger partial charge is 0.248 e. The summed E-state index contributed by atoms with van der Waals surface area (Å²) in [6.07, 6.45) is 6.84. The van der Waals surface area contributed by atoms with Crippen molar-refractivity contribution in [3.63, 3.8) is 0 Å². The molecule has 2 aliphatic rings. The zero-order valence-electron chi connectivity index (χ0n) is 15.6. The van der Waals surface area contributed by atoms with Crippen molar-refractivity contribution >= 4 is 39.4 Å². The molecule has 1 saturated carbocycles. The zero-order chi connectivity index (χ0) is 19.7. The molecule has 0 spiro atoms. The van der Waals surface area contributed by atoms with Crippen molar-refractivity contribution < 1.29 is 17.7 Å². The Kier molecular flexibility index (Phi) is 5.39. The fourth-order valence-corrected chi connectivity index (χ4v) is 5.79. The molecule has 0 bridgehead atoms. The Hall–Kier alpha value is -1.97. The zero-order valence-corrected chi connectivity index (χ0v) is 17.3. The standard InChI is InChI=1S/C19H23N3O4S2/c1-13-18(17(26-21-13)9-8-16-5-3-11-27-16)28(24,25)22-10-2-4-14(12-22)19(23)20-15-6-7-15/h3,5,8-9,11,14-15H,2,4,6-7,10,12H2,1H3,(H,20,23). The van der Waals surface area contributed by atoms with Gasteiger partial charge in [-0.3, -0.25) is 4.79 Å². The highest BCUT2D eigenvalue weighted by atomic mass is 32.2. The van der Waals surface area contributed by atoms with Crippen LogP contribution in [-0.4, -0.2) is 42.9 Å². The van der Waals surface area contributed by atoms with Gasteiger partial charge in [-0.15, -0.1) is 11.3 Å². The van der Waals surface area contributed by atoms with E-state index in [4.69, 9.17) is 4.52 Å². The molecule has 0 radical (unpaired) electrons. The minimum atomic E-state index is -3.80. The highest BCUT2D eigenvalue weighted by molar-refractivity contribution is 7.89. The van der Waals surface area contributed by atoms with Crippen LogP contribution in [0.1, 0.15) is 42.0 Å². The summed E-state index contributed by atoms with van der Waals surface area (Å²) >= 11 is 1.55. The number of hydrogen-bond donors (Lipinski definition) is 1. The van der Waals surface area contributed by atoms with E-state index in [9.17, 15) is 13.2 Å². The number of piperidine rings is 1. The molecule has 1 N–H and O–H groups in total. The Balaban J connectivity index is 1.55. The van der Waals surface area contributed by atoms with E-state index in [1.54, 1.807) is 24.3 Å². The van der Waals surface area contributed by atoms with Crippen LogP contribution < -0.4 is 5.32 Å². The van der Waals surface area contributed by atoms with Crippen molar-refractivity contribution in [1.82, 2.24) is 14.8 Å². The van der Waals surface area contributed by atoms with Gasteiger partial charge in [0, 0.05) is 24.0 Å². The molecule has 1 aliphatic carbocycles. The molecule has 150 valence electrons. The van der Waals surface area contributed by atoms with Crippen molar-refractivity contribution in [2.75, 3.05) is 13.1 Å². The van der Waals surface area contributed by atoms with Gasteiger partial charge in [0.2, 0.25) is 15.9 Å². The first kappa shape index (κ1) is 19.4. The molecule has 4 rings (SSSR count). The second-order valence-electron chi connectivity index (χ2n) is 7.30. The molecule has 2 aromatic heterocycles. The number of thiophene rings is 1. The van der Waals surface area contributed by atoms with Crippen LogP contribution >= 0.6 is 11.3 Å². The predicted molar refractivity (Wildman–Crippen MR) is 107 cm³/mol. The van der Waals surface area contributed by atoms with Gasteiger partial charge in [-0.1, -0.05) is 11.2 Å². The third kappa shape index (κ3) is 4.06. The molecule has 28 heavy (non-hydrogen) atoms. The first-order valence-electron chi connectivity index (χ1n) is 9.43. The number of rotatable bonds is 6. The average Bonchev–Trinajstić information content (AvgIpc) is 3.18. The first-order chi connectivity index (χ1) is 13.4. The molecule has 1 atom stereocenters. The van der Waals surface area contributed by atoms with Gasteiger partial charge >= 0.3 is 0 Å². The van der Waals surface area contributed by atoms with E-state index in [0.717, 1.165) is 17.7 Å². The fourth-order valence-electron chi connectivity index (χ4n) is 3.39. The van der Waals surface area contributed by atoms with Gasteiger partial charge in [0.25, 0.3) is 0 Å². The molecule has 9 heteroatoms. The number of carbonyl (C=O) groups excluding carboxylic acids is 1. The molecule has 1 aliphatic heterocycles. The summed E-state index contributed by atoms with van der Waals surface area (Å²) in [6.45, 7) is 2.22. The van der Waals surface area contributed by atoms with E-state index in [1.807, 2.05) is 23.6 Å². The number of nitrogens with one attached hydrogen (secondary N) is 1. The van der Waals surface area contributed by atoms with Crippen molar-refractivity contribution in [2.45, 2.75) is 43.5 Å². The quantitative estimate of drug-likeness (QED) is 0.774. The lowest BCUT2D eigenvalue weighted by molar-refractivity contribution is -0.126. The minimum absolute atomic E-state index is 0.0396. The van der Waals surface area contributed by atoms with Gasteiger partial charge < -0.3 is 9.84 Å². The van der Waals surface area contributed by atoms with Crippen LogP contribution in [0.3, 0.4) is 0 Å². The predicted octanol–water partition coefficient (Wildman–Crippen LogP) is 2.89. The number of aromatic nitrogens is 1. The summed E-state index contributed by atoms with van der Waals surface area (Å²) in [6, 6.07) is 4.13. The molecule has 1 unspecified atom stereocenters. The Morgan fingerprint density at radius 2 is 2.18 bits per heavy atom. The number of carbonyl (C=O) groups is 1. The molecule has 2 aromatic rings. The maximum absolute atomic E-state index is 13.3. The van der Waals surface area contributed by atoms with E-state index in [2.05, 4.69) is 10.5 Å². The topological polar surface area (TPSA) is 92.5 Å². The maximum Gasteiger partial charge on any atom is 0.248 e. The lowest BCUT2D eigenvalue weighted by Crippen LogP contribution is -2.46. The average molecular weight is 422 g/mol. The van der Waals surface area contributed by atoms with E-state index >= 15 is 0 Å². The molecule has 1 saturated heterocycles. The van der Waals surface area contributed by atoms with Crippen LogP contribution in [0.15, 0.2) is 26.9 Å². The van der Waals surface area contributed by atoms with Gasteiger partial charge in [-0.25, -0.2) is 8.42 Å². The van der Waals surface area contributed by atoms with Gasteiger partial charge in [0.15, 0.2) is 10.7 Å². The largest absolute Gasteiger partial charge is 0.355 e. The lowest BCUT2D eigenvalue weighted by atomic mass is 9.99. The number of aryl methyl sites for hydroxylation is 1. The molecule has 7 nitrogen and oxygen atoms in total. The molecule has 3 heterocycles. The second-order valence-corrected chi connectivity index (χ2v) is 10.1. The third-order valence-electron chi connectivity index (χ3n) is 5.05. The van der Waals surface area contributed by atoms with Crippen LogP contribution in [0.25, 0.3) is 12.2 Å². The summed E-state index contributed by atoms with van der Waals surface area (Å²) < 4.78 is 33.3. The van der Waals surface area contributed by atoms with Crippen LogP contribution in [0, 0.1) is 12.8 Å². The SMILES string of the molecule is Cc1noc(C=Cc2cccs2)c1S(=O)(=O)N1CCCC(C(=O)NC2CC2)C1. The van der Waals surface area contributed by atoms with Crippen molar-refractivity contribution in [3.05, 3.63) is 33.8 Å². The summed E-state index contributed by atoms with van der Waals surface area (Å²) in [5.41, 5.74) is 0.329. The molecular formula is C19H23N3O4S2. The number of nitrogens with zero attached hydrogens (tertiary/aromatic N) is 2. The Bertz CT molecular complexity index is 975. The van der Waals surface area contributed by atoms with Crippen molar-refractivity contribution in [3.8, 4) is 0 Å². The number of amides is 1. The monoisotopic (exact) mass is 421 g/mol. The van der Waals surface area contributed by atoms with Crippen LogP contribution in [0.4, 0.5) is 0 Å². The van der Waals surface area contributed by atoms with Gasteiger partial charge in [0.1, 0.15) is 5.69 Å². The number of sulfonamides is 1. The molecule has 2 fully saturated rings. The fraction of sp³-hybridized carbons (Fsp3) is 0.474. The first-order valence-corrected chi connectivity index (χ1v) is 11.8. The molecule has 1 amide bonds. The molecule has 0 aromatic carbocycles. The van der Waals surface area contributed by atoms with E-state index < -0.39 is 10.0 Å². The number of hydrogen-bond acceptors (Lipinski definition) is 6. The Labute approximate surface area is 168 Å². The van der Waals surface area contributed by atoms with Gasteiger partial charge in [-0.2, -0.15) is 4.31 Å². The third-order valence-corrected chi connectivity index (χ3v) is 7.91. The molecular weight excluding hydrogens is 398 g/mol. The Morgan fingerprint density at radius 1 is 1.36 bits per heavy atom. The van der Waals surface area contributed by atoms with Crippen molar-refractivity contribution in [1.29, 1.82) is 0 Å². The van der Waals surface area contributed by atoms with Crippen molar-refractivity contribution in [2.24, 2.45) is 5.92 Å². The highest BCUT2D eigenvalue weighted by Gasteiger charge is 2.37. The van der Waals surface area contributed by atoms with Gasteiger partial charge in [-0.05, 0) is 56.2 Å².